The quantitative estimate of drug-likeness (QED) is 0.807. The van der Waals surface area contributed by atoms with Gasteiger partial charge in [0.05, 0.1) is 0 Å². The predicted octanol–water partition coefficient (Wildman–Crippen LogP) is 4.58. The summed E-state index contributed by atoms with van der Waals surface area (Å²) in [5.74, 6) is 1.26. The number of carbonyl (C=O) groups excluding carboxylic acids is 2. The molecular weight excluding hydrogens is 364 g/mol. The highest BCUT2D eigenvalue weighted by atomic mass is 16.5. The second-order valence-electron chi connectivity index (χ2n) is 8.02. The molecule has 1 atom stereocenters. The lowest BCUT2D eigenvalue weighted by atomic mass is 9.98. The van der Waals surface area contributed by atoms with E-state index in [1.165, 1.54) is 0 Å². The molecule has 1 fully saturated rings. The molecule has 5 nitrogen and oxygen atoms in total. The molecule has 1 heterocycles. The Hall–Kier alpha value is -2.82. The second kappa shape index (κ2) is 9.12. The number of rotatable bonds is 5. The third kappa shape index (κ3) is 5.17. The van der Waals surface area contributed by atoms with E-state index in [9.17, 15) is 9.59 Å². The lowest BCUT2D eigenvalue weighted by Gasteiger charge is -2.30. The van der Waals surface area contributed by atoms with Gasteiger partial charge in [0, 0.05) is 24.3 Å². The minimum atomic E-state index is -0.633. The highest BCUT2D eigenvalue weighted by Crippen LogP contribution is 2.24. The molecule has 2 amide bonds. The van der Waals surface area contributed by atoms with Crippen LogP contribution in [0.2, 0.25) is 0 Å². The van der Waals surface area contributed by atoms with Gasteiger partial charge in [0.15, 0.2) is 6.10 Å². The number of hydrogen-bond acceptors (Lipinski definition) is 3. The number of nitrogens with one attached hydrogen (secondary N) is 1. The van der Waals surface area contributed by atoms with Gasteiger partial charge in [-0.3, -0.25) is 9.59 Å². The Morgan fingerprint density at radius 3 is 2.21 bits per heavy atom. The van der Waals surface area contributed by atoms with Crippen molar-refractivity contribution in [2.75, 3.05) is 18.4 Å². The number of carbonyl (C=O) groups is 2. The molecule has 3 rings (SSSR count). The standard InChI is InChI=1S/C24H30N2O3/c1-16-12-14-26(15-13-16)24(28)20-8-10-21(11-9-20)25-23(27)19(4)29-22-17(2)6-5-7-18(22)3/h5-11,16,19H,12-15H2,1-4H3,(H,25,27). The zero-order chi connectivity index (χ0) is 21.0. The van der Waals surface area contributed by atoms with Crippen molar-refractivity contribution in [3.63, 3.8) is 0 Å². The molecule has 0 aromatic heterocycles. The van der Waals surface area contributed by atoms with Crippen molar-refractivity contribution in [2.45, 2.75) is 46.6 Å². The predicted molar refractivity (Wildman–Crippen MR) is 115 cm³/mol. The van der Waals surface area contributed by atoms with Crippen LogP contribution in [0.1, 0.15) is 48.2 Å². The van der Waals surface area contributed by atoms with Crippen molar-refractivity contribution in [1.29, 1.82) is 0 Å². The number of para-hydroxylation sites is 1. The van der Waals surface area contributed by atoms with Gasteiger partial charge in [0.1, 0.15) is 5.75 Å². The van der Waals surface area contributed by atoms with Crippen LogP contribution in [-0.2, 0) is 4.79 Å². The number of likely N-dealkylation sites (tertiary alicyclic amines) is 1. The van der Waals surface area contributed by atoms with E-state index in [1.807, 2.05) is 36.9 Å². The molecule has 5 heteroatoms. The molecule has 2 aromatic carbocycles. The van der Waals surface area contributed by atoms with Gasteiger partial charge in [-0.1, -0.05) is 25.1 Å². The average Bonchev–Trinajstić information content (AvgIpc) is 2.71. The first-order chi connectivity index (χ1) is 13.8. The number of amides is 2. The number of nitrogens with zero attached hydrogens (tertiary/aromatic N) is 1. The smallest absolute Gasteiger partial charge is 0.265 e. The van der Waals surface area contributed by atoms with Gasteiger partial charge in [0.25, 0.3) is 11.8 Å². The summed E-state index contributed by atoms with van der Waals surface area (Å²) < 4.78 is 5.89. The summed E-state index contributed by atoms with van der Waals surface area (Å²) >= 11 is 0. The van der Waals surface area contributed by atoms with Gasteiger partial charge >= 0.3 is 0 Å². The summed E-state index contributed by atoms with van der Waals surface area (Å²) in [5, 5.41) is 2.86. The molecule has 0 saturated carbocycles. The molecule has 0 spiro atoms. The van der Waals surface area contributed by atoms with Crippen LogP contribution in [0.3, 0.4) is 0 Å². The molecule has 154 valence electrons. The van der Waals surface area contributed by atoms with Crippen molar-refractivity contribution < 1.29 is 14.3 Å². The van der Waals surface area contributed by atoms with Crippen LogP contribution in [-0.4, -0.2) is 35.9 Å². The zero-order valence-corrected chi connectivity index (χ0v) is 17.7. The normalized spacial score (nSPS) is 15.7. The molecule has 1 saturated heterocycles. The Labute approximate surface area is 173 Å². The number of hydrogen-bond donors (Lipinski definition) is 1. The third-order valence-electron chi connectivity index (χ3n) is 5.54. The molecule has 1 aliphatic heterocycles. The first-order valence-electron chi connectivity index (χ1n) is 10.3. The minimum Gasteiger partial charge on any atom is -0.480 e. The van der Waals surface area contributed by atoms with Gasteiger partial charge in [-0.2, -0.15) is 0 Å². The third-order valence-corrected chi connectivity index (χ3v) is 5.54. The lowest BCUT2D eigenvalue weighted by Crippen LogP contribution is -2.37. The van der Waals surface area contributed by atoms with Gasteiger partial charge in [0.2, 0.25) is 0 Å². The Bertz CT molecular complexity index is 848. The zero-order valence-electron chi connectivity index (χ0n) is 17.7. The number of piperidine rings is 1. The Balaban J connectivity index is 1.59. The minimum absolute atomic E-state index is 0.0569. The van der Waals surface area contributed by atoms with E-state index < -0.39 is 6.10 Å². The van der Waals surface area contributed by atoms with E-state index in [1.54, 1.807) is 31.2 Å². The van der Waals surface area contributed by atoms with Crippen LogP contribution in [0.4, 0.5) is 5.69 Å². The molecule has 29 heavy (non-hydrogen) atoms. The largest absolute Gasteiger partial charge is 0.480 e. The highest BCUT2D eigenvalue weighted by molar-refractivity contribution is 5.97. The summed E-state index contributed by atoms with van der Waals surface area (Å²) in [6.45, 7) is 9.51. The van der Waals surface area contributed by atoms with E-state index in [4.69, 9.17) is 4.74 Å². The molecule has 0 aliphatic carbocycles. The fourth-order valence-corrected chi connectivity index (χ4v) is 3.55. The summed E-state index contributed by atoms with van der Waals surface area (Å²) in [6.07, 6.45) is 1.47. The number of anilines is 1. The summed E-state index contributed by atoms with van der Waals surface area (Å²) in [5.41, 5.74) is 3.30. The van der Waals surface area contributed by atoms with Gasteiger partial charge in [-0.05, 0) is 74.9 Å². The van der Waals surface area contributed by atoms with Gasteiger partial charge < -0.3 is 15.0 Å². The summed E-state index contributed by atoms with van der Waals surface area (Å²) in [6, 6.07) is 13.0. The highest BCUT2D eigenvalue weighted by Gasteiger charge is 2.22. The van der Waals surface area contributed by atoms with Crippen LogP contribution in [0.5, 0.6) is 5.75 Å². The first-order valence-corrected chi connectivity index (χ1v) is 10.3. The molecule has 2 aromatic rings. The Kier molecular flexibility index (Phi) is 6.57. The maximum atomic E-state index is 12.6. The van der Waals surface area contributed by atoms with Crippen LogP contribution in [0.25, 0.3) is 0 Å². The van der Waals surface area contributed by atoms with Crippen molar-refractivity contribution in [2.24, 2.45) is 5.92 Å². The maximum Gasteiger partial charge on any atom is 0.265 e. The van der Waals surface area contributed by atoms with Gasteiger partial charge in [-0.25, -0.2) is 0 Å². The van der Waals surface area contributed by atoms with Crippen molar-refractivity contribution in [3.8, 4) is 5.75 Å². The number of ether oxygens (including phenoxy) is 1. The van der Waals surface area contributed by atoms with Crippen molar-refractivity contribution in [1.82, 2.24) is 4.90 Å². The number of aryl methyl sites for hydroxylation is 2. The Morgan fingerprint density at radius 1 is 1.03 bits per heavy atom. The number of benzene rings is 2. The van der Waals surface area contributed by atoms with Crippen LogP contribution < -0.4 is 10.1 Å². The topological polar surface area (TPSA) is 58.6 Å². The fraction of sp³-hybridized carbons (Fsp3) is 0.417. The Morgan fingerprint density at radius 2 is 1.62 bits per heavy atom. The van der Waals surface area contributed by atoms with E-state index in [-0.39, 0.29) is 11.8 Å². The van der Waals surface area contributed by atoms with Crippen LogP contribution in [0, 0.1) is 19.8 Å². The maximum absolute atomic E-state index is 12.6. The summed E-state index contributed by atoms with van der Waals surface area (Å²) in [7, 11) is 0. The van der Waals surface area contributed by atoms with Gasteiger partial charge in [-0.15, -0.1) is 0 Å². The van der Waals surface area contributed by atoms with Crippen molar-refractivity contribution >= 4 is 17.5 Å². The SMILES string of the molecule is Cc1cccc(C)c1OC(C)C(=O)Nc1ccc(C(=O)N2CCC(C)CC2)cc1. The molecular formula is C24H30N2O3. The van der Waals surface area contributed by atoms with E-state index in [0.29, 0.717) is 17.2 Å². The average molecular weight is 395 g/mol. The molecule has 1 N–H and O–H groups in total. The molecule has 0 bridgehead atoms. The van der Waals surface area contributed by atoms with Crippen LogP contribution in [0.15, 0.2) is 42.5 Å². The molecule has 0 radical (unpaired) electrons. The molecule has 1 aliphatic rings. The van der Waals surface area contributed by atoms with E-state index >= 15 is 0 Å². The first kappa shape index (κ1) is 20.9. The van der Waals surface area contributed by atoms with E-state index in [2.05, 4.69) is 12.2 Å². The van der Waals surface area contributed by atoms with Crippen LogP contribution >= 0.6 is 0 Å². The molecule has 1 unspecified atom stereocenters. The summed E-state index contributed by atoms with van der Waals surface area (Å²) in [4.78, 5) is 27.1. The fourth-order valence-electron chi connectivity index (χ4n) is 3.55. The van der Waals surface area contributed by atoms with Crippen molar-refractivity contribution in [3.05, 3.63) is 59.2 Å². The van der Waals surface area contributed by atoms with E-state index in [0.717, 1.165) is 42.8 Å². The monoisotopic (exact) mass is 394 g/mol. The second-order valence-corrected chi connectivity index (χ2v) is 8.02. The lowest BCUT2D eigenvalue weighted by molar-refractivity contribution is -0.122.